The molecule has 3 atom stereocenters. The number of aliphatic hydroxyl groups is 1. The fourth-order valence-corrected chi connectivity index (χ4v) is 4.16. The fourth-order valence-electron chi connectivity index (χ4n) is 4.16. The SMILES string of the molecule is CC(C)n1nc(-c2ccccc2)nc1[C@H]1CC[C@@H](O)[C@H](NC(=O)Nc2ccc(F)c(F)c2)C1. The van der Waals surface area contributed by atoms with Gasteiger partial charge in [-0.25, -0.2) is 23.2 Å². The number of nitrogens with one attached hydrogen (secondary N) is 2. The van der Waals surface area contributed by atoms with E-state index >= 15 is 0 Å². The predicted molar refractivity (Wildman–Crippen MR) is 121 cm³/mol. The van der Waals surface area contributed by atoms with Crippen LogP contribution >= 0.6 is 0 Å². The molecule has 7 nitrogen and oxygen atoms in total. The summed E-state index contributed by atoms with van der Waals surface area (Å²) in [5, 5.41) is 20.5. The van der Waals surface area contributed by atoms with Gasteiger partial charge < -0.3 is 15.7 Å². The highest BCUT2D eigenvalue weighted by molar-refractivity contribution is 5.89. The lowest BCUT2D eigenvalue weighted by atomic mass is 9.83. The molecule has 0 saturated heterocycles. The third-order valence-electron chi connectivity index (χ3n) is 5.85. The van der Waals surface area contributed by atoms with Gasteiger partial charge in [-0.2, -0.15) is 5.10 Å². The summed E-state index contributed by atoms with van der Waals surface area (Å²) in [5.74, 6) is -0.577. The normalized spacial score (nSPS) is 20.6. The van der Waals surface area contributed by atoms with Gasteiger partial charge in [0.25, 0.3) is 0 Å². The topological polar surface area (TPSA) is 92.1 Å². The zero-order chi connectivity index (χ0) is 23.5. The maximum atomic E-state index is 13.4. The highest BCUT2D eigenvalue weighted by Gasteiger charge is 2.34. The van der Waals surface area contributed by atoms with Crippen LogP contribution in [0.15, 0.2) is 48.5 Å². The number of hydrogen-bond acceptors (Lipinski definition) is 4. The third-order valence-corrected chi connectivity index (χ3v) is 5.85. The van der Waals surface area contributed by atoms with Crippen molar-refractivity contribution in [1.29, 1.82) is 0 Å². The lowest BCUT2D eigenvalue weighted by Crippen LogP contribution is -2.48. The van der Waals surface area contributed by atoms with Crippen molar-refractivity contribution in [2.45, 2.75) is 57.2 Å². The fraction of sp³-hybridized carbons (Fsp3) is 0.375. The summed E-state index contributed by atoms with van der Waals surface area (Å²) >= 11 is 0. The molecule has 1 aliphatic carbocycles. The lowest BCUT2D eigenvalue weighted by Gasteiger charge is -2.33. The van der Waals surface area contributed by atoms with Gasteiger partial charge in [0.05, 0.1) is 12.1 Å². The van der Waals surface area contributed by atoms with Crippen LogP contribution in [0.2, 0.25) is 0 Å². The highest BCUT2D eigenvalue weighted by Crippen LogP contribution is 2.34. The standard InChI is InChI=1S/C24H27F2N5O2/c1-14(2)31-23(29-22(30-31)15-6-4-3-5-7-15)16-8-11-21(32)20(12-16)28-24(33)27-17-9-10-18(25)19(26)13-17/h3-7,9-10,13-14,16,20-21,32H,8,11-12H2,1-2H3,(H2,27,28,33)/t16-,20+,21+/m0/s1. The number of nitrogens with zero attached hydrogens (tertiary/aromatic N) is 3. The Labute approximate surface area is 190 Å². The first-order valence-corrected chi connectivity index (χ1v) is 11.0. The van der Waals surface area contributed by atoms with Crippen LogP contribution in [0.25, 0.3) is 11.4 Å². The number of halogens is 2. The van der Waals surface area contributed by atoms with Crippen LogP contribution in [0.1, 0.15) is 50.9 Å². The van der Waals surface area contributed by atoms with E-state index in [1.165, 1.54) is 6.07 Å². The highest BCUT2D eigenvalue weighted by atomic mass is 19.2. The zero-order valence-electron chi connectivity index (χ0n) is 18.5. The van der Waals surface area contributed by atoms with Gasteiger partial charge >= 0.3 is 6.03 Å². The Morgan fingerprint density at radius 3 is 2.58 bits per heavy atom. The van der Waals surface area contributed by atoms with E-state index in [1.54, 1.807) is 0 Å². The van der Waals surface area contributed by atoms with Gasteiger partial charge in [0, 0.05) is 29.3 Å². The van der Waals surface area contributed by atoms with Crippen molar-refractivity contribution in [2.75, 3.05) is 5.32 Å². The second-order valence-electron chi connectivity index (χ2n) is 8.61. The van der Waals surface area contributed by atoms with E-state index in [0.29, 0.717) is 25.1 Å². The number of hydrogen-bond donors (Lipinski definition) is 3. The molecule has 1 aliphatic rings. The molecule has 0 bridgehead atoms. The minimum Gasteiger partial charge on any atom is -0.391 e. The van der Waals surface area contributed by atoms with E-state index in [2.05, 4.69) is 10.6 Å². The van der Waals surface area contributed by atoms with Crippen molar-refractivity contribution in [3.63, 3.8) is 0 Å². The molecular weight excluding hydrogens is 428 g/mol. The molecular formula is C24H27F2N5O2. The Bertz CT molecular complexity index is 1120. The third kappa shape index (κ3) is 5.19. The summed E-state index contributed by atoms with van der Waals surface area (Å²) < 4.78 is 28.4. The Kier molecular flexibility index (Phi) is 6.69. The Hall–Kier alpha value is -3.33. The second-order valence-corrected chi connectivity index (χ2v) is 8.61. The molecule has 174 valence electrons. The Morgan fingerprint density at radius 2 is 1.88 bits per heavy atom. The largest absolute Gasteiger partial charge is 0.391 e. The maximum Gasteiger partial charge on any atom is 0.319 e. The van der Waals surface area contributed by atoms with E-state index in [-0.39, 0.29) is 17.6 Å². The molecule has 1 aromatic heterocycles. The molecule has 3 aromatic rings. The van der Waals surface area contributed by atoms with Crippen LogP contribution in [-0.2, 0) is 0 Å². The first kappa shape index (κ1) is 22.8. The van der Waals surface area contributed by atoms with Crippen molar-refractivity contribution < 1.29 is 18.7 Å². The summed E-state index contributed by atoms with van der Waals surface area (Å²) in [7, 11) is 0. The average molecular weight is 456 g/mol. The number of amides is 2. The number of aliphatic hydroxyl groups excluding tert-OH is 1. The summed E-state index contributed by atoms with van der Waals surface area (Å²) in [4.78, 5) is 17.3. The van der Waals surface area contributed by atoms with Gasteiger partial charge in [0.1, 0.15) is 5.82 Å². The van der Waals surface area contributed by atoms with E-state index < -0.39 is 29.8 Å². The quantitative estimate of drug-likeness (QED) is 0.523. The molecule has 0 unspecified atom stereocenters. The molecule has 1 heterocycles. The van der Waals surface area contributed by atoms with Gasteiger partial charge in [0.15, 0.2) is 17.5 Å². The molecule has 4 rings (SSSR count). The molecule has 9 heteroatoms. The van der Waals surface area contributed by atoms with Gasteiger partial charge in [-0.3, -0.25) is 0 Å². The van der Waals surface area contributed by atoms with Crippen LogP contribution in [-0.4, -0.2) is 38.0 Å². The van der Waals surface area contributed by atoms with Gasteiger partial charge in [-0.05, 0) is 45.2 Å². The minimum atomic E-state index is -1.05. The number of anilines is 1. The van der Waals surface area contributed by atoms with Crippen LogP contribution in [0, 0.1) is 11.6 Å². The van der Waals surface area contributed by atoms with Crippen LogP contribution in [0.5, 0.6) is 0 Å². The average Bonchev–Trinajstić information content (AvgIpc) is 3.24. The Morgan fingerprint density at radius 1 is 1.12 bits per heavy atom. The number of carbonyl (C=O) groups is 1. The minimum absolute atomic E-state index is 0.00525. The summed E-state index contributed by atoms with van der Waals surface area (Å²) in [5.41, 5.74) is 1.05. The van der Waals surface area contributed by atoms with Crippen molar-refractivity contribution in [2.24, 2.45) is 0 Å². The smallest absolute Gasteiger partial charge is 0.319 e. The van der Waals surface area contributed by atoms with Crippen LogP contribution in [0.3, 0.4) is 0 Å². The summed E-state index contributed by atoms with van der Waals surface area (Å²) in [6.07, 6.45) is 0.961. The molecule has 2 aromatic carbocycles. The molecule has 3 N–H and O–H groups in total. The number of rotatable bonds is 5. The number of carbonyl (C=O) groups excluding carboxylic acids is 1. The van der Waals surface area contributed by atoms with Crippen molar-refractivity contribution in [1.82, 2.24) is 20.1 Å². The second kappa shape index (κ2) is 9.66. The predicted octanol–water partition coefficient (Wildman–Crippen LogP) is 4.62. The van der Waals surface area contributed by atoms with Gasteiger partial charge in [-0.1, -0.05) is 30.3 Å². The molecule has 0 aliphatic heterocycles. The number of urea groups is 1. The molecule has 33 heavy (non-hydrogen) atoms. The molecule has 2 amide bonds. The van der Waals surface area contributed by atoms with E-state index in [9.17, 15) is 18.7 Å². The zero-order valence-corrected chi connectivity index (χ0v) is 18.5. The molecule has 1 fully saturated rings. The lowest BCUT2D eigenvalue weighted by molar-refractivity contribution is 0.0859. The molecule has 0 spiro atoms. The summed E-state index contributed by atoms with van der Waals surface area (Å²) in [6.45, 7) is 4.07. The number of benzene rings is 2. The Balaban J connectivity index is 1.49. The first-order valence-electron chi connectivity index (χ1n) is 11.0. The van der Waals surface area contributed by atoms with E-state index in [0.717, 1.165) is 23.5 Å². The summed E-state index contributed by atoms with van der Waals surface area (Å²) in [6, 6.07) is 11.8. The molecule has 1 saturated carbocycles. The van der Waals surface area contributed by atoms with Crippen LogP contribution < -0.4 is 10.6 Å². The van der Waals surface area contributed by atoms with Crippen molar-refractivity contribution in [3.05, 3.63) is 66.0 Å². The van der Waals surface area contributed by atoms with Crippen molar-refractivity contribution >= 4 is 11.7 Å². The monoisotopic (exact) mass is 455 g/mol. The van der Waals surface area contributed by atoms with E-state index in [1.807, 2.05) is 48.9 Å². The molecule has 0 radical (unpaired) electrons. The van der Waals surface area contributed by atoms with E-state index in [4.69, 9.17) is 10.1 Å². The van der Waals surface area contributed by atoms with Gasteiger partial charge in [0.2, 0.25) is 0 Å². The number of aromatic nitrogens is 3. The maximum absolute atomic E-state index is 13.4. The van der Waals surface area contributed by atoms with Gasteiger partial charge in [-0.15, -0.1) is 0 Å². The van der Waals surface area contributed by atoms with Crippen molar-refractivity contribution in [3.8, 4) is 11.4 Å². The van der Waals surface area contributed by atoms with Crippen LogP contribution in [0.4, 0.5) is 19.3 Å². The first-order chi connectivity index (χ1) is 15.8.